The maximum Gasteiger partial charge on any atom is 0.167 e. The summed E-state index contributed by atoms with van der Waals surface area (Å²) in [6.45, 7) is 4.56. The van der Waals surface area contributed by atoms with Gasteiger partial charge in [-0.25, -0.2) is 9.37 Å². The van der Waals surface area contributed by atoms with Gasteiger partial charge in [0.1, 0.15) is 12.4 Å². The minimum Gasteiger partial charge on any atom is -0.484 e. The van der Waals surface area contributed by atoms with Crippen LogP contribution in [0, 0.1) is 12.7 Å². The van der Waals surface area contributed by atoms with Gasteiger partial charge in [0, 0.05) is 6.54 Å². The quantitative estimate of drug-likeness (QED) is 0.897. The first-order valence-corrected chi connectivity index (χ1v) is 6.76. The van der Waals surface area contributed by atoms with Crippen LogP contribution in [0.4, 0.5) is 10.2 Å². The van der Waals surface area contributed by atoms with Gasteiger partial charge in [-0.3, -0.25) is 0 Å². The molecule has 0 bridgehead atoms. The highest BCUT2D eigenvalue weighted by Crippen LogP contribution is 2.23. The smallest absolute Gasteiger partial charge is 0.167 e. The lowest BCUT2D eigenvalue weighted by atomic mass is 10.2. The molecule has 0 spiro atoms. The number of hydrogen-bond donors (Lipinski definition) is 1. The van der Waals surface area contributed by atoms with Gasteiger partial charge in [-0.05, 0) is 37.6 Å². The Kier molecular flexibility index (Phi) is 4.79. The third kappa shape index (κ3) is 3.39. The number of halogens is 2. The highest BCUT2D eigenvalue weighted by atomic mass is 35.5. The molecule has 2 rings (SSSR count). The zero-order valence-electron chi connectivity index (χ0n) is 11.4. The Balaban J connectivity index is 2.14. The molecule has 0 atom stereocenters. The second-order valence-corrected chi connectivity index (χ2v) is 4.74. The van der Waals surface area contributed by atoms with Crippen molar-refractivity contribution in [3.05, 3.63) is 52.4 Å². The summed E-state index contributed by atoms with van der Waals surface area (Å²) >= 11 is 6.07. The second-order valence-electron chi connectivity index (χ2n) is 4.33. The molecule has 1 N–H and O–H groups in total. The summed E-state index contributed by atoms with van der Waals surface area (Å²) < 4.78 is 19.3. The molecule has 1 aromatic heterocycles. The Morgan fingerprint density at radius 1 is 1.30 bits per heavy atom. The van der Waals surface area contributed by atoms with Gasteiger partial charge in [0.05, 0.1) is 10.7 Å². The van der Waals surface area contributed by atoms with Gasteiger partial charge in [-0.1, -0.05) is 23.7 Å². The van der Waals surface area contributed by atoms with Crippen LogP contribution in [0.5, 0.6) is 5.75 Å². The lowest BCUT2D eigenvalue weighted by molar-refractivity contribution is 0.285. The van der Waals surface area contributed by atoms with Crippen LogP contribution < -0.4 is 10.1 Å². The van der Waals surface area contributed by atoms with E-state index in [0.717, 1.165) is 12.4 Å². The summed E-state index contributed by atoms with van der Waals surface area (Å²) in [6, 6.07) is 8.57. The van der Waals surface area contributed by atoms with Gasteiger partial charge < -0.3 is 10.1 Å². The summed E-state index contributed by atoms with van der Waals surface area (Å²) in [5.41, 5.74) is 1.12. The number of aromatic nitrogens is 1. The molecule has 0 radical (unpaired) electrons. The third-order valence-corrected chi connectivity index (χ3v) is 3.14. The van der Waals surface area contributed by atoms with Crippen LogP contribution >= 0.6 is 11.6 Å². The van der Waals surface area contributed by atoms with E-state index in [-0.39, 0.29) is 18.2 Å². The highest BCUT2D eigenvalue weighted by Gasteiger charge is 2.09. The molecular weight excluding hydrogens is 279 g/mol. The highest BCUT2D eigenvalue weighted by molar-refractivity contribution is 6.31. The van der Waals surface area contributed by atoms with E-state index in [2.05, 4.69) is 10.3 Å². The first-order valence-electron chi connectivity index (χ1n) is 6.39. The molecule has 20 heavy (non-hydrogen) atoms. The van der Waals surface area contributed by atoms with E-state index >= 15 is 0 Å². The molecule has 1 aromatic carbocycles. The van der Waals surface area contributed by atoms with Crippen LogP contribution in [0.3, 0.4) is 0 Å². The van der Waals surface area contributed by atoms with Crippen molar-refractivity contribution in [2.75, 3.05) is 11.9 Å². The number of rotatable bonds is 5. The topological polar surface area (TPSA) is 34.1 Å². The molecule has 0 unspecified atom stereocenters. The summed E-state index contributed by atoms with van der Waals surface area (Å²) in [4.78, 5) is 4.34. The monoisotopic (exact) mass is 294 g/mol. The molecule has 0 amide bonds. The Labute approximate surface area is 122 Å². The van der Waals surface area contributed by atoms with Gasteiger partial charge in [0.25, 0.3) is 0 Å². The van der Waals surface area contributed by atoms with Gasteiger partial charge in [0.15, 0.2) is 11.6 Å². The minimum atomic E-state index is -0.355. The molecule has 5 heteroatoms. The number of nitrogens with one attached hydrogen (secondary N) is 1. The van der Waals surface area contributed by atoms with Gasteiger partial charge in [-0.2, -0.15) is 0 Å². The van der Waals surface area contributed by atoms with Crippen LogP contribution in [-0.2, 0) is 6.61 Å². The fourth-order valence-electron chi connectivity index (χ4n) is 1.74. The van der Waals surface area contributed by atoms with Gasteiger partial charge >= 0.3 is 0 Å². The molecule has 0 saturated carbocycles. The Morgan fingerprint density at radius 2 is 2.10 bits per heavy atom. The average Bonchev–Trinajstić information content (AvgIpc) is 2.44. The number of benzene rings is 1. The number of pyridine rings is 1. The van der Waals surface area contributed by atoms with E-state index in [1.807, 2.05) is 6.92 Å². The van der Waals surface area contributed by atoms with E-state index in [1.165, 1.54) is 0 Å². The molecule has 0 aliphatic carbocycles. The van der Waals surface area contributed by atoms with Crippen LogP contribution in [0.1, 0.15) is 18.2 Å². The third-order valence-electron chi connectivity index (χ3n) is 2.80. The number of ether oxygens (including phenoxy) is 1. The lowest BCUT2D eigenvalue weighted by Crippen LogP contribution is -2.05. The SMILES string of the molecule is CCNc1ccc(Cl)c(COc2cccc(C)c2F)n1. The Morgan fingerprint density at radius 3 is 2.85 bits per heavy atom. The molecular formula is C15H16ClFN2O. The molecule has 3 nitrogen and oxygen atoms in total. The summed E-state index contributed by atoms with van der Waals surface area (Å²) in [6.07, 6.45) is 0. The van der Waals surface area contributed by atoms with Crippen molar-refractivity contribution in [3.8, 4) is 5.75 Å². The fraction of sp³-hybridized carbons (Fsp3) is 0.267. The van der Waals surface area contributed by atoms with E-state index < -0.39 is 0 Å². The first kappa shape index (κ1) is 14.6. The van der Waals surface area contributed by atoms with Crippen LogP contribution in [0.15, 0.2) is 30.3 Å². The van der Waals surface area contributed by atoms with Crippen LogP contribution in [0.25, 0.3) is 0 Å². The van der Waals surface area contributed by atoms with Crippen molar-refractivity contribution in [1.29, 1.82) is 0 Å². The summed E-state index contributed by atoms with van der Waals surface area (Å²) in [5, 5.41) is 3.59. The lowest BCUT2D eigenvalue weighted by Gasteiger charge is -2.10. The van der Waals surface area contributed by atoms with Crippen molar-refractivity contribution in [2.45, 2.75) is 20.5 Å². The normalized spacial score (nSPS) is 10.4. The Bertz CT molecular complexity index is 604. The van der Waals surface area contributed by atoms with Gasteiger partial charge in [0.2, 0.25) is 0 Å². The molecule has 1 heterocycles. The van der Waals surface area contributed by atoms with E-state index in [0.29, 0.717) is 16.3 Å². The maximum absolute atomic E-state index is 13.8. The van der Waals surface area contributed by atoms with Crippen LogP contribution in [0.2, 0.25) is 5.02 Å². The van der Waals surface area contributed by atoms with Crippen molar-refractivity contribution < 1.29 is 9.13 Å². The van der Waals surface area contributed by atoms with E-state index in [9.17, 15) is 4.39 Å². The van der Waals surface area contributed by atoms with E-state index in [4.69, 9.17) is 16.3 Å². The predicted molar refractivity (Wildman–Crippen MR) is 78.9 cm³/mol. The number of aryl methyl sites for hydroxylation is 1. The van der Waals surface area contributed by atoms with Crippen molar-refractivity contribution in [1.82, 2.24) is 4.98 Å². The standard InChI is InChI=1S/C15H16ClFN2O/c1-3-18-14-8-7-11(16)12(19-14)9-20-13-6-4-5-10(2)15(13)17/h4-8H,3,9H2,1-2H3,(H,18,19). The molecule has 0 aliphatic rings. The number of anilines is 1. The Hall–Kier alpha value is -1.81. The zero-order valence-corrected chi connectivity index (χ0v) is 12.2. The molecule has 2 aromatic rings. The number of nitrogens with zero attached hydrogens (tertiary/aromatic N) is 1. The number of hydrogen-bond acceptors (Lipinski definition) is 3. The molecule has 0 saturated heterocycles. The summed E-state index contributed by atoms with van der Waals surface area (Å²) in [5.74, 6) is 0.573. The minimum absolute atomic E-state index is 0.123. The largest absolute Gasteiger partial charge is 0.484 e. The van der Waals surface area contributed by atoms with Crippen molar-refractivity contribution in [3.63, 3.8) is 0 Å². The second kappa shape index (κ2) is 6.57. The van der Waals surface area contributed by atoms with Crippen LogP contribution in [-0.4, -0.2) is 11.5 Å². The maximum atomic E-state index is 13.8. The molecule has 106 valence electrons. The molecule has 0 aliphatic heterocycles. The first-order chi connectivity index (χ1) is 9.61. The van der Waals surface area contributed by atoms with Gasteiger partial charge in [-0.15, -0.1) is 0 Å². The molecule has 0 fully saturated rings. The summed E-state index contributed by atoms with van der Waals surface area (Å²) in [7, 11) is 0. The van der Waals surface area contributed by atoms with Crippen molar-refractivity contribution in [2.24, 2.45) is 0 Å². The fourth-order valence-corrected chi connectivity index (χ4v) is 1.90. The van der Waals surface area contributed by atoms with E-state index in [1.54, 1.807) is 37.3 Å². The predicted octanol–water partition coefficient (Wildman–Crippen LogP) is 4.19. The average molecular weight is 295 g/mol. The van der Waals surface area contributed by atoms with Crippen molar-refractivity contribution >= 4 is 17.4 Å². The zero-order chi connectivity index (χ0) is 14.5.